The van der Waals surface area contributed by atoms with Gasteiger partial charge in [-0.25, -0.2) is 23.7 Å². The molecule has 1 saturated carbocycles. The topological polar surface area (TPSA) is 101 Å². The van der Waals surface area contributed by atoms with Gasteiger partial charge in [-0.15, -0.1) is 0 Å². The van der Waals surface area contributed by atoms with E-state index < -0.39 is 29.2 Å². The van der Waals surface area contributed by atoms with Gasteiger partial charge in [0.05, 0.1) is 13.7 Å². The Morgan fingerprint density at radius 1 is 1.14 bits per heavy atom. The highest BCUT2D eigenvalue weighted by atomic mass is 19.3. The largest absolute Gasteiger partial charge is 0.481 e. The molecular formula is C25H27F2N5O4. The molecule has 1 fully saturated rings. The minimum atomic E-state index is -2.76. The summed E-state index contributed by atoms with van der Waals surface area (Å²) in [5.41, 5.74) is 0.892. The van der Waals surface area contributed by atoms with E-state index in [-0.39, 0.29) is 42.5 Å². The maximum atomic E-state index is 13.9. The molecule has 0 amide bonds. The van der Waals surface area contributed by atoms with E-state index in [1.807, 2.05) is 6.07 Å². The maximum absolute atomic E-state index is 13.9. The molecule has 0 N–H and O–H groups in total. The van der Waals surface area contributed by atoms with Gasteiger partial charge < -0.3 is 9.47 Å². The van der Waals surface area contributed by atoms with Crippen molar-refractivity contribution in [3.63, 3.8) is 0 Å². The van der Waals surface area contributed by atoms with Crippen molar-refractivity contribution in [2.45, 2.75) is 57.1 Å². The lowest BCUT2D eigenvalue weighted by molar-refractivity contribution is -0.0439. The van der Waals surface area contributed by atoms with Crippen LogP contribution in [0.25, 0.3) is 16.7 Å². The van der Waals surface area contributed by atoms with Gasteiger partial charge in [0, 0.05) is 43.8 Å². The first-order valence-electron chi connectivity index (χ1n) is 11.9. The van der Waals surface area contributed by atoms with Crippen LogP contribution in [-0.4, -0.2) is 43.7 Å². The fourth-order valence-corrected chi connectivity index (χ4v) is 4.83. The number of ether oxygens (including phenoxy) is 2. The molecule has 0 saturated heterocycles. The third kappa shape index (κ3) is 4.32. The van der Waals surface area contributed by atoms with Gasteiger partial charge in [0.25, 0.3) is 11.1 Å². The van der Waals surface area contributed by atoms with Crippen LogP contribution in [0, 0.1) is 6.92 Å². The van der Waals surface area contributed by atoms with Crippen LogP contribution in [0.15, 0.2) is 34.0 Å². The monoisotopic (exact) mass is 499 g/mol. The molecule has 1 aliphatic heterocycles. The third-order valence-electron chi connectivity index (χ3n) is 7.02. The number of methoxy groups -OCH3 is 1. The number of halogens is 2. The highest BCUT2D eigenvalue weighted by Crippen LogP contribution is 2.39. The number of aryl methyl sites for hydroxylation is 1. The predicted octanol–water partition coefficient (Wildman–Crippen LogP) is 3.50. The molecule has 5 rings (SSSR count). The van der Waals surface area contributed by atoms with E-state index in [4.69, 9.17) is 9.47 Å². The van der Waals surface area contributed by atoms with Crippen LogP contribution in [0.1, 0.15) is 61.3 Å². The minimum absolute atomic E-state index is 0.0464. The Morgan fingerprint density at radius 2 is 1.89 bits per heavy atom. The van der Waals surface area contributed by atoms with Crippen molar-refractivity contribution in [3.8, 4) is 5.88 Å². The molecule has 0 aromatic carbocycles. The Balaban J connectivity index is 1.66. The van der Waals surface area contributed by atoms with Crippen molar-refractivity contribution in [1.82, 2.24) is 24.1 Å². The molecule has 36 heavy (non-hydrogen) atoms. The van der Waals surface area contributed by atoms with Crippen LogP contribution < -0.4 is 15.9 Å². The molecule has 11 heteroatoms. The van der Waals surface area contributed by atoms with Crippen LogP contribution in [-0.2, 0) is 11.8 Å². The number of hydrogen-bond donors (Lipinski definition) is 0. The summed E-state index contributed by atoms with van der Waals surface area (Å²) < 4.78 is 41.6. The Kier molecular flexibility index (Phi) is 6.19. The summed E-state index contributed by atoms with van der Waals surface area (Å²) in [5, 5.41) is 0. The van der Waals surface area contributed by atoms with Crippen molar-refractivity contribution in [3.05, 3.63) is 62.2 Å². The Bertz CT molecular complexity index is 1450. The van der Waals surface area contributed by atoms with Crippen LogP contribution in [0.5, 0.6) is 5.88 Å². The van der Waals surface area contributed by atoms with E-state index in [1.54, 1.807) is 32.3 Å². The molecule has 190 valence electrons. The van der Waals surface area contributed by atoms with E-state index in [0.29, 0.717) is 30.3 Å². The lowest BCUT2D eigenvalue weighted by atomic mass is 9.91. The summed E-state index contributed by atoms with van der Waals surface area (Å²) in [4.78, 5) is 40.2. The highest BCUT2D eigenvalue weighted by Gasteiger charge is 2.37. The normalized spacial score (nSPS) is 20.4. The summed E-state index contributed by atoms with van der Waals surface area (Å²) in [7, 11) is 3.12. The van der Waals surface area contributed by atoms with E-state index in [0.717, 1.165) is 5.56 Å². The van der Waals surface area contributed by atoms with Gasteiger partial charge in [-0.1, -0.05) is 0 Å². The van der Waals surface area contributed by atoms with Crippen molar-refractivity contribution in [2.75, 3.05) is 13.7 Å². The average molecular weight is 500 g/mol. The summed E-state index contributed by atoms with van der Waals surface area (Å²) in [6, 6.07) is 3.05. The number of pyridine rings is 1. The molecule has 1 unspecified atom stereocenters. The number of rotatable bonds is 4. The SMILES string of the molecule is COc1ccc(C2C=C(c3nc4c(=O)n(C)c(C)nc4n(C4CCC(F)(F)CC4)c3=O)CCO2)cn1. The molecule has 9 nitrogen and oxygen atoms in total. The minimum Gasteiger partial charge on any atom is -0.481 e. The number of hydrogen-bond acceptors (Lipinski definition) is 7. The van der Waals surface area contributed by atoms with E-state index in [1.165, 1.54) is 16.2 Å². The first-order chi connectivity index (χ1) is 17.2. The average Bonchev–Trinajstić information content (AvgIpc) is 2.88. The van der Waals surface area contributed by atoms with Gasteiger partial charge in [-0.3, -0.25) is 18.7 Å². The summed E-state index contributed by atoms with van der Waals surface area (Å²) in [6.07, 6.45) is 2.97. The van der Waals surface area contributed by atoms with Gasteiger partial charge in [-0.2, -0.15) is 0 Å². The van der Waals surface area contributed by atoms with Crippen LogP contribution in [0.4, 0.5) is 8.78 Å². The second-order valence-electron chi connectivity index (χ2n) is 9.29. The first kappa shape index (κ1) is 24.2. The molecule has 4 heterocycles. The molecule has 1 aliphatic carbocycles. The standard InChI is InChI=1S/C25H27F2N5O4/c1-14-29-22-21(23(33)31(14)2)30-20(24(34)32(22)17-6-9-25(26,27)10-7-17)15-8-11-36-18(12-15)16-4-5-19(35-3)28-13-16/h4-5,12-13,17-18H,6-11H2,1-3H3. The van der Waals surface area contributed by atoms with E-state index >= 15 is 0 Å². The van der Waals surface area contributed by atoms with Crippen LogP contribution in [0.2, 0.25) is 0 Å². The summed E-state index contributed by atoms with van der Waals surface area (Å²) >= 11 is 0. The first-order valence-corrected chi connectivity index (χ1v) is 11.9. The quantitative estimate of drug-likeness (QED) is 0.542. The van der Waals surface area contributed by atoms with Gasteiger partial charge in [0.2, 0.25) is 11.8 Å². The fraction of sp³-hybridized carbons (Fsp3) is 0.480. The smallest absolute Gasteiger partial charge is 0.281 e. The Morgan fingerprint density at radius 3 is 2.56 bits per heavy atom. The maximum Gasteiger partial charge on any atom is 0.281 e. The van der Waals surface area contributed by atoms with Crippen molar-refractivity contribution in [1.29, 1.82) is 0 Å². The van der Waals surface area contributed by atoms with Gasteiger partial charge in [0.15, 0.2) is 11.2 Å². The van der Waals surface area contributed by atoms with E-state index in [2.05, 4.69) is 15.0 Å². The molecule has 1 atom stereocenters. The number of alkyl halides is 2. The number of aromatic nitrogens is 5. The highest BCUT2D eigenvalue weighted by molar-refractivity contribution is 5.74. The van der Waals surface area contributed by atoms with Crippen molar-refractivity contribution < 1.29 is 18.3 Å². The van der Waals surface area contributed by atoms with Gasteiger partial charge in [0.1, 0.15) is 17.6 Å². The molecule has 0 spiro atoms. The molecule has 3 aromatic rings. The van der Waals surface area contributed by atoms with Crippen molar-refractivity contribution in [2.24, 2.45) is 7.05 Å². The van der Waals surface area contributed by atoms with Crippen molar-refractivity contribution >= 4 is 16.7 Å². The second-order valence-corrected chi connectivity index (χ2v) is 9.29. The molecule has 3 aromatic heterocycles. The van der Waals surface area contributed by atoms with E-state index in [9.17, 15) is 18.4 Å². The summed E-state index contributed by atoms with van der Waals surface area (Å²) in [5.74, 6) is -1.88. The zero-order valence-corrected chi connectivity index (χ0v) is 20.3. The van der Waals surface area contributed by atoms with Gasteiger partial charge in [-0.05, 0) is 43.9 Å². The second kappa shape index (κ2) is 9.20. The predicted molar refractivity (Wildman–Crippen MR) is 128 cm³/mol. The molecular weight excluding hydrogens is 472 g/mol. The Hall–Kier alpha value is -3.47. The lowest BCUT2D eigenvalue weighted by Crippen LogP contribution is -2.36. The summed E-state index contributed by atoms with van der Waals surface area (Å²) in [6.45, 7) is 1.99. The zero-order valence-electron chi connectivity index (χ0n) is 20.3. The third-order valence-corrected chi connectivity index (χ3v) is 7.02. The number of fused-ring (bicyclic) bond motifs is 1. The molecule has 2 aliphatic rings. The zero-order chi connectivity index (χ0) is 25.6. The van der Waals surface area contributed by atoms with Crippen LogP contribution >= 0.6 is 0 Å². The lowest BCUT2D eigenvalue weighted by Gasteiger charge is -2.30. The molecule has 0 bridgehead atoms. The number of nitrogens with zero attached hydrogens (tertiary/aromatic N) is 5. The molecule has 0 radical (unpaired) electrons. The van der Waals surface area contributed by atoms with Crippen LogP contribution in [0.3, 0.4) is 0 Å². The Labute approximate surface area is 205 Å². The fourth-order valence-electron chi connectivity index (χ4n) is 4.83. The van der Waals surface area contributed by atoms with Gasteiger partial charge >= 0.3 is 0 Å².